The third-order valence-electron chi connectivity index (χ3n) is 5.63. The summed E-state index contributed by atoms with van der Waals surface area (Å²) in [7, 11) is 0. The average molecular weight is 451 g/mol. The van der Waals surface area contributed by atoms with Gasteiger partial charge >= 0.3 is 6.18 Å². The first-order valence-corrected chi connectivity index (χ1v) is 10.6. The molecule has 4 rings (SSSR count). The van der Waals surface area contributed by atoms with Crippen molar-refractivity contribution in [1.29, 1.82) is 0 Å². The van der Waals surface area contributed by atoms with E-state index in [1.165, 1.54) is 11.6 Å². The van der Waals surface area contributed by atoms with Crippen LogP contribution in [0.25, 0.3) is 34.3 Å². The Labute approximate surface area is 190 Å². The second-order valence-corrected chi connectivity index (χ2v) is 9.06. The van der Waals surface area contributed by atoms with Gasteiger partial charge in [0.05, 0.1) is 23.2 Å². The van der Waals surface area contributed by atoms with Crippen molar-refractivity contribution >= 4 is 23.2 Å². The van der Waals surface area contributed by atoms with E-state index < -0.39 is 11.7 Å². The minimum Gasteiger partial charge on any atom is -0.392 e. The first-order chi connectivity index (χ1) is 15.6. The molecule has 0 fully saturated rings. The molecule has 170 valence electrons. The lowest BCUT2D eigenvalue weighted by Gasteiger charge is -2.18. The standard InChI is InChI=1S/C27H25F3N2O/c1-26(2,3)19-11-8-17(9-12-19)10-13-25-31-23-14-21(20-7-5-4-6-18(20)16-33)22(27(28,29)30)15-24(23)32-25/h4-15,33H,16H2,1-3H3,(H,31,32). The van der Waals surface area contributed by atoms with E-state index in [4.69, 9.17) is 0 Å². The van der Waals surface area contributed by atoms with Crippen molar-refractivity contribution in [3.05, 3.63) is 88.7 Å². The van der Waals surface area contributed by atoms with Crippen molar-refractivity contribution < 1.29 is 18.3 Å². The minimum atomic E-state index is -4.55. The van der Waals surface area contributed by atoms with E-state index in [2.05, 4.69) is 42.9 Å². The Morgan fingerprint density at radius 2 is 1.61 bits per heavy atom. The quantitative estimate of drug-likeness (QED) is 0.345. The molecule has 0 radical (unpaired) electrons. The molecule has 0 aliphatic rings. The largest absolute Gasteiger partial charge is 0.417 e. The van der Waals surface area contributed by atoms with Crippen LogP contribution in [0.3, 0.4) is 0 Å². The number of alkyl halides is 3. The van der Waals surface area contributed by atoms with Gasteiger partial charge in [0.25, 0.3) is 0 Å². The number of hydrogen-bond acceptors (Lipinski definition) is 2. The lowest BCUT2D eigenvalue weighted by molar-refractivity contribution is -0.137. The first kappa shape index (κ1) is 22.8. The molecule has 4 aromatic rings. The summed E-state index contributed by atoms with van der Waals surface area (Å²) >= 11 is 0. The zero-order chi connectivity index (χ0) is 23.8. The maximum absolute atomic E-state index is 13.9. The van der Waals surface area contributed by atoms with Gasteiger partial charge in [-0.1, -0.05) is 75.4 Å². The number of halogens is 3. The van der Waals surface area contributed by atoms with E-state index in [-0.39, 0.29) is 17.6 Å². The van der Waals surface area contributed by atoms with Crippen LogP contribution < -0.4 is 0 Å². The van der Waals surface area contributed by atoms with Crippen LogP contribution in [0.2, 0.25) is 0 Å². The molecule has 6 heteroatoms. The number of fused-ring (bicyclic) bond motifs is 1. The molecular weight excluding hydrogens is 425 g/mol. The van der Waals surface area contributed by atoms with Gasteiger partial charge in [-0.25, -0.2) is 4.98 Å². The van der Waals surface area contributed by atoms with E-state index in [9.17, 15) is 18.3 Å². The molecule has 0 amide bonds. The average Bonchev–Trinajstić information content (AvgIpc) is 3.18. The second kappa shape index (κ2) is 8.52. The van der Waals surface area contributed by atoms with Gasteiger partial charge in [0.2, 0.25) is 0 Å². The van der Waals surface area contributed by atoms with Crippen LogP contribution in [0, 0.1) is 0 Å². The Bertz CT molecular complexity index is 1310. The molecule has 33 heavy (non-hydrogen) atoms. The number of aliphatic hydroxyl groups is 1. The van der Waals surface area contributed by atoms with Crippen molar-refractivity contribution in [3.63, 3.8) is 0 Å². The Hall–Kier alpha value is -3.38. The summed E-state index contributed by atoms with van der Waals surface area (Å²) in [5, 5.41) is 9.62. The maximum Gasteiger partial charge on any atom is 0.417 e. The van der Waals surface area contributed by atoms with E-state index in [1.807, 2.05) is 18.2 Å². The number of nitrogens with zero attached hydrogens (tertiary/aromatic N) is 1. The first-order valence-electron chi connectivity index (χ1n) is 10.6. The number of aromatic amines is 1. The number of aliphatic hydroxyl groups excluding tert-OH is 1. The number of rotatable bonds is 4. The number of H-pyrrole nitrogens is 1. The van der Waals surface area contributed by atoms with Gasteiger partial charge in [-0.3, -0.25) is 0 Å². The van der Waals surface area contributed by atoms with Crippen LogP contribution in [-0.4, -0.2) is 15.1 Å². The van der Waals surface area contributed by atoms with Crippen molar-refractivity contribution in [2.45, 2.75) is 39.0 Å². The molecular formula is C27H25F3N2O. The zero-order valence-corrected chi connectivity index (χ0v) is 18.7. The lowest BCUT2D eigenvalue weighted by atomic mass is 9.87. The molecule has 0 spiro atoms. The molecule has 0 saturated heterocycles. The summed E-state index contributed by atoms with van der Waals surface area (Å²) in [6.45, 7) is 6.09. The predicted molar refractivity (Wildman–Crippen MR) is 127 cm³/mol. The van der Waals surface area contributed by atoms with Gasteiger partial charge in [-0.05, 0) is 51.4 Å². The predicted octanol–water partition coefficient (Wildman–Crippen LogP) is 7.21. The molecule has 3 nitrogen and oxygen atoms in total. The third kappa shape index (κ3) is 4.86. The monoisotopic (exact) mass is 450 g/mol. The molecule has 1 heterocycles. The Balaban J connectivity index is 1.74. The molecule has 0 aliphatic heterocycles. The van der Waals surface area contributed by atoms with Crippen molar-refractivity contribution in [1.82, 2.24) is 9.97 Å². The molecule has 0 unspecified atom stereocenters. The number of nitrogens with one attached hydrogen (secondary N) is 1. The molecule has 3 aromatic carbocycles. The number of imidazole rings is 1. The molecule has 0 atom stereocenters. The smallest absolute Gasteiger partial charge is 0.392 e. The highest BCUT2D eigenvalue weighted by Gasteiger charge is 2.35. The highest BCUT2D eigenvalue weighted by molar-refractivity contribution is 5.87. The van der Waals surface area contributed by atoms with Crippen LogP contribution in [0.5, 0.6) is 0 Å². The summed E-state index contributed by atoms with van der Waals surface area (Å²) in [5.74, 6) is 0.464. The SMILES string of the molecule is CC(C)(C)c1ccc(C=Cc2nc3cc(-c4ccccc4CO)c(C(F)(F)F)cc3[nH]2)cc1. The maximum atomic E-state index is 13.9. The second-order valence-electron chi connectivity index (χ2n) is 9.06. The van der Waals surface area contributed by atoms with Crippen molar-refractivity contribution in [2.24, 2.45) is 0 Å². The third-order valence-corrected chi connectivity index (χ3v) is 5.63. The van der Waals surface area contributed by atoms with Crippen molar-refractivity contribution in [3.8, 4) is 11.1 Å². The Kier molecular flexibility index (Phi) is 5.89. The Morgan fingerprint density at radius 1 is 0.909 bits per heavy atom. The summed E-state index contributed by atoms with van der Waals surface area (Å²) in [5.41, 5.74) is 2.97. The van der Waals surface area contributed by atoms with Crippen LogP contribution in [-0.2, 0) is 18.2 Å². The highest BCUT2D eigenvalue weighted by Crippen LogP contribution is 2.40. The summed E-state index contributed by atoms with van der Waals surface area (Å²) in [6.07, 6.45) is -0.931. The molecule has 1 aromatic heterocycles. The Morgan fingerprint density at radius 3 is 2.24 bits per heavy atom. The number of hydrogen-bond donors (Lipinski definition) is 2. The minimum absolute atomic E-state index is 0.000511. The van der Waals surface area contributed by atoms with Crippen LogP contribution in [0.4, 0.5) is 13.2 Å². The van der Waals surface area contributed by atoms with Gasteiger partial charge in [0.1, 0.15) is 5.82 Å². The van der Waals surface area contributed by atoms with Crippen LogP contribution in [0.15, 0.2) is 60.7 Å². The molecule has 0 saturated carbocycles. The van der Waals surface area contributed by atoms with Crippen molar-refractivity contribution in [2.75, 3.05) is 0 Å². The van der Waals surface area contributed by atoms with E-state index >= 15 is 0 Å². The van der Waals surface area contributed by atoms with Gasteiger partial charge in [0.15, 0.2) is 0 Å². The number of aromatic nitrogens is 2. The van der Waals surface area contributed by atoms with E-state index in [0.29, 0.717) is 28.0 Å². The fourth-order valence-electron chi connectivity index (χ4n) is 3.80. The normalized spacial score (nSPS) is 12.7. The van der Waals surface area contributed by atoms with Gasteiger partial charge < -0.3 is 10.1 Å². The summed E-state index contributed by atoms with van der Waals surface area (Å²) in [4.78, 5) is 7.45. The molecule has 2 N–H and O–H groups in total. The lowest BCUT2D eigenvalue weighted by Crippen LogP contribution is -2.10. The fourth-order valence-corrected chi connectivity index (χ4v) is 3.80. The number of benzene rings is 3. The van der Waals surface area contributed by atoms with E-state index in [0.717, 1.165) is 11.6 Å². The van der Waals surface area contributed by atoms with Crippen LogP contribution in [0.1, 0.15) is 48.8 Å². The van der Waals surface area contributed by atoms with Crippen LogP contribution >= 0.6 is 0 Å². The topological polar surface area (TPSA) is 48.9 Å². The van der Waals surface area contributed by atoms with Gasteiger partial charge in [-0.2, -0.15) is 13.2 Å². The summed E-state index contributed by atoms with van der Waals surface area (Å²) < 4.78 is 41.6. The molecule has 0 aliphatic carbocycles. The van der Waals surface area contributed by atoms with Gasteiger partial charge in [0, 0.05) is 0 Å². The zero-order valence-electron chi connectivity index (χ0n) is 18.7. The van der Waals surface area contributed by atoms with Gasteiger partial charge in [-0.15, -0.1) is 0 Å². The fraction of sp³-hybridized carbons (Fsp3) is 0.222. The van der Waals surface area contributed by atoms with E-state index in [1.54, 1.807) is 30.3 Å². The summed E-state index contributed by atoms with van der Waals surface area (Å²) in [6, 6.07) is 17.2. The molecule has 0 bridgehead atoms. The highest BCUT2D eigenvalue weighted by atomic mass is 19.4.